The molecule has 2 aliphatic heterocycles. The fourth-order valence-electron chi connectivity index (χ4n) is 4.59. The van der Waals surface area contributed by atoms with E-state index in [1.807, 2.05) is 6.07 Å². The summed E-state index contributed by atoms with van der Waals surface area (Å²) in [5, 5.41) is 1.89. The van der Waals surface area contributed by atoms with Crippen molar-refractivity contribution in [2.24, 2.45) is 0 Å². The topological polar surface area (TPSA) is 83.1 Å². The Bertz CT molecular complexity index is 1340. The molecule has 1 saturated heterocycles. The number of hydrogen-bond donors (Lipinski definition) is 1. The van der Waals surface area contributed by atoms with Gasteiger partial charge in [0.1, 0.15) is 30.3 Å². The summed E-state index contributed by atoms with van der Waals surface area (Å²) in [6.07, 6.45) is 5.40. The van der Waals surface area contributed by atoms with Gasteiger partial charge in [-0.2, -0.15) is 0 Å². The van der Waals surface area contributed by atoms with Crippen LogP contribution < -0.4 is 24.3 Å². The maximum atomic E-state index is 11.9. The molecule has 1 N–H and O–H groups in total. The number of imide groups is 1. The van der Waals surface area contributed by atoms with E-state index in [1.165, 1.54) is 11.1 Å². The van der Waals surface area contributed by atoms with Crippen LogP contribution in [0.4, 0.5) is 4.79 Å². The fourth-order valence-corrected chi connectivity index (χ4v) is 5.27. The van der Waals surface area contributed by atoms with Crippen LogP contribution in [0.5, 0.6) is 23.0 Å². The third kappa shape index (κ3) is 5.85. The number of allylic oxidation sites excluding steroid dienone is 1. The predicted octanol–water partition coefficient (Wildman–Crippen LogP) is 6.45. The highest BCUT2D eigenvalue weighted by molar-refractivity contribution is 8.18. The lowest BCUT2D eigenvalue weighted by atomic mass is 9.87. The standard InChI is InChI=1S/C30H35NO6S/c1-17(2)11-13-35-26-18(3)19(4)27-22(20(26)5)10-12-30(6,37-27)16-36-23-9-8-21(14-24(23)34-7)15-25-28(32)31-29(33)38-25/h8-9,11,14-15H,10,12-13,16H2,1-7H3,(H,31,32,33)/b25-15-. The average Bonchev–Trinajstić information content (AvgIpc) is 3.19. The lowest BCUT2D eigenvalue weighted by Crippen LogP contribution is -2.42. The van der Waals surface area contributed by atoms with E-state index in [4.69, 9.17) is 18.9 Å². The normalized spacial score (nSPS) is 19.5. The second kappa shape index (κ2) is 11.2. The van der Waals surface area contributed by atoms with Crippen LogP contribution in [0, 0.1) is 20.8 Å². The van der Waals surface area contributed by atoms with Crippen LogP contribution >= 0.6 is 11.8 Å². The van der Waals surface area contributed by atoms with Crippen molar-refractivity contribution in [1.29, 1.82) is 0 Å². The van der Waals surface area contributed by atoms with E-state index in [-0.39, 0.29) is 5.24 Å². The number of fused-ring (bicyclic) bond motifs is 1. The molecule has 2 heterocycles. The van der Waals surface area contributed by atoms with Crippen LogP contribution in [0.2, 0.25) is 0 Å². The van der Waals surface area contributed by atoms with Gasteiger partial charge in [0.15, 0.2) is 11.5 Å². The largest absolute Gasteiger partial charge is 0.493 e. The van der Waals surface area contributed by atoms with Gasteiger partial charge < -0.3 is 18.9 Å². The van der Waals surface area contributed by atoms with Gasteiger partial charge in [0.25, 0.3) is 11.1 Å². The van der Waals surface area contributed by atoms with E-state index in [2.05, 4.69) is 52.9 Å². The number of thioether (sulfide) groups is 1. The van der Waals surface area contributed by atoms with Crippen LogP contribution in [0.3, 0.4) is 0 Å². The minimum atomic E-state index is -0.522. The zero-order chi connectivity index (χ0) is 27.6. The summed E-state index contributed by atoms with van der Waals surface area (Å²) >= 11 is 0.880. The first-order valence-corrected chi connectivity index (χ1v) is 13.5. The van der Waals surface area contributed by atoms with Gasteiger partial charge in [-0.1, -0.05) is 11.6 Å². The number of carbonyl (C=O) groups excluding carboxylic acids is 2. The van der Waals surface area contributed by atoms with Gasteiger partial charge in [-0.25, -0.2) is 0 Å². The first-order chi connectivity index (χ1) is 18.0. The van der Waals surface area contributed by atoms with Crippen molar-refractivity contribution in [2.75, 3.05) is 20.3 Å². The van der Waals surface area contributed by atoms with Gasteiger partial charge in [-0.3, -0.25) is 14.9 Å². The Hall–Kier alpha value is -3.39. The lowest BCUT2D eigenvalue weighted by molar-refractivity contribution is -0.115. The first-order valence-electron chi connectivity index (χ1n) is 12.6. The molecule has 1 unspecified atom stereocenters. The van der Waals surface area contributed by atoms with Crippen molar-refractivity contribution in [2.45, 2.75) is 60.0 Å². The van der Waals surface area contributed by atoms with E-state index < -0.39 is 11.5 Å². The molecule has 38 heavy (non-hydrogen) atoms. The number of nitrogens with one attached hydrogen (secondary N) is 1. The average molecular weight is 538 g/mol. The van der Waals surface area contributed by atoms with Crippen LogP contribution in [0.25, 0.3) is 6.08 Å². The monoisotopic (exact) mass is 537 g/mol. The summed E-state index contributed by atoms with van der Waals surface area (Å²) in [5.41, 5.74) is 5.96. The number of methoxy groups -OCH3 is 1. The Morgan fingerprint density at radius 2 is 1.87 bits per heavy atom. The van der Waals surface area contributed by atoms with Gasteiger partial charge in [-0.15, -0.1) is 0 Å². The molecule has 202 valence electrons. The number of carbonyl (C=O) groups is 2. The van der Waals surface area contributed by atoms with E-state index in [9.17, 15) is 9.59 Å². The van der Waals surface area contributed by atoms with Gasteiger partial charge in [0.2, 0.25) is 0 Å². The molecule has 1 fully saturated rings. The van der Waals surface area contributed by atoms with E-state index in [1.54, 1.807) is 25.3 Å². The fraction of sp³-hybridized carbons (Fsp3) is 0.400. The maximum Gasteiger partial charge on any atom is 0.290 e. The molecule has 1 atom stereocenters. The Morgan fingerprint density at radius 1 is 1.11 bits per heavy atom. The van der Waals surface area contributed by atoms with Crippen LogP contribution in [0.1, 0.15) is 55.0 Å². The molecule has 0 bridgehead atoms. The summed E-state index contributed by atoms with van der Waals surface area (Å²) in [6.45, 7) is 13.4. The Kier molecular flexibility index (Phi) is 8.11. The zero-order valence-corrected chi connectivity index (χ0v) is 23.9. The molecule has 0 radical (unpaired) electrons. The third-order valence-corrected chi connectivity index (χ3v) is 7.75. The molecule has 8 heteroatoms. The summed E-state index contributed by atoms with van der Waals surface area (Å²) in [6, 6.07) is 5.42. The molecule has 4 rings (SSSR count). The third-order valence-electron chi connectivity index (χ3n) is 6.94. The van der Waals surface area contributed by atoms with Gasteiger partial charge in [0.05, 0.1) is 12.0 Å². The smallest absolute Gasteiger partial charge is 0.290 e. The maximum absolute atomic E-state index is 11.9. The number of ether oxygens (including phenoxy) is 4. The van der Waals surface area contributed by atoms with Crippen LogP contribution in [0.15, 0.2) is 34.8 Å². The van der Waals surface area contributed by atoms with E-state index in [0.717, 1.165) is 58.4 Å². The minimum absolute atomic E-state index is 0.340. The van der Waals surface area contributed by atoms with Crippen molar-refractivity contribution >= 4 is 29.0 Å². The second-order valence-electron chi connectivity index (χ2n) is 10.2. The van der Waals surface area contributed by atoms with Crippen molar-refractivity contribution in [1.82, 2.24) is 5.32 Å². The summed E-state index contributed by atoms with van der Waals surface area (Å²) < 4.78 is 24.5. The highest BCUT2D eigenvalue weighted by Gasteiger charge is 2.36. The second-order valence-corrected chi connectivity index (χ2v) is 11.2. The number of rotatable bonds is 8. The highest BCUT2D eigenvalue weighted by Crippen LogP contribution is 2.44. The van der Waals surface area contributed by atoms with Gasteiger partial charge in [0, 0.05) is 5.56 Å². The van der Waals surface area contributed by atoms with Crippen molar-refractivity contribution < 1.29 is 28.5 Å². The minimum Gasteiger partial charge on any atom is -0.493 e. The van der Waals surface area contributed by atoms with Gasteiger partial charge >= 0.3 is 0 Å². The van der Waals surface area contributed by atoms with Crippen molar-refractivity contribution in [3.63, 3.8) is 0 Å². The van der Waals surface area contributed by atoms with E-state index in [0.29, 0.717) is 29.6 Å². The molecule has 0 aliphatic carbocycles. The van der Waals surface area contributed by atoms with Crippen LogP contribution in [-0.4, -0.2) is 37.1 Å². The number of amides is 2. The molecular weight excluding hydrogens is 502 g/mol. The van der Waals surface area contributed by atoms with Gasteiger partial charge in [-0.05, 0) is 113 Å². The Morgan fingerprint density at radius 3 is 2.53 bits per heavy atom. The molecule has 0 spiro atoms. The Balaban J connectivity index is 1.50. The van der Waals surface area contributed by atoms with Crippen molar-refractivity contribution in [3.8, 4) is 23.0 Å². The summed E-state index contributed by atoms with van der Waals surface area (Å²) in [5.74, 6) is 2.59. The molecule has 2 amide bonds. The van der Waals surface area contributed by atoms with Crippen LogP contribution in [-0.2, 0) is 11.2 Å². The molecule has 2 aromatic rings. The summed E-state index contributed by atoms with van der Waals surface area (Å²) in [7, 11) is 1.57. The molecule has 0 saturated carbocycles. The molecule has 2 aliphatic rings. The zero-order valence-electron chi connectivity index (χ0n) is 23.1. The highest BCUT2D eigenvalue weighted by atomic mass is 32.2. The molecular formula is C30H35NO6S. The molecule has 2 aromatic carbocycles. The first kappa shape index (κ1) is 27.6. The lowest BCUT2D eigenvalue weighted by Gasteiger charge is -2.38. The summed E-state index contributed by atoms with van der Waals surface area (Å²) in [4.78, 5) is 23.7. The Labute approximate surface area is 228 Å². The number of benzene rings is 2. The molecule has 7 nitrogen and oxygen atoms in total. The van der Waals surface area contributed by atoms with E-state index >= 15 is 0 Å². The van der Waals surface area contributed by atoms with Crippen molar-refractivity contribution in [3.05, 3.63) is 62.6 Å². The number of hydrogen-bond acceptors (Lipinski definition) is 7. The SMILES string of the molecule is COc1cc(/C=C2\SC(=O)NC2=O)ccc1OCC1(C)CCc2c(C)c(OCC=C(C)C)c(C)c(C)c2O1. The quantitative estimate of drug-likeness (QED) is 0.306. The molecule has 0 aromatic heterocycles. The predicted molar refractivity (Wildman–Crippen MR) is 151 cm³/mol.